The Kier molecular flexibility index (Phi) is 6.21. The standard InChI is InChI=1S/C11H14Cl2N2OS.ClH/c1-6-5-14-3-2-8(6)15-11(16)7-4-9(12)17-10(7)13;/h4,6,8,14H,2-3,5H2,1H3,(H,15,16);1H. The number of rotatable bonds is 2. The van der Waals surface area contributed by atoms with E-state index in [0.29, 0.717) is 20.2 Å². The molecule has 3 nitrogen and oxygen atoms in total. The third kappa shape index (κ3) is 3.75. The van der Waals surface area contributed by atoms with E-state index in [2.05, 4.69) is 17.6 Å². The van der Waals surface area contributed by atoms with Crippen molar-refractivity contribution in [3.63, 3.8) is 0 Å². The smallest absolute Gasteiger partial charge is 0.253 e. The van der Waals surface area contributed by atoms with Crippen LogP contribution in [0.3, 0.4) is 0 Å². The van der Waals surface area contributed by atoms with Gasteiger partial charge in [-0.1, -0.05) is 30.1 Å². The minimum Gasteiger partial charge on any atom is -0.349 e. The van der Waals surface area contributed by atoms with Crippen LogP contribution in [0.15, 0.2) is 6.07 Å². The lowest BCUT2D eigenvalue weighted by Gasteiger charge is -2.30. The molecule has 0 bridgehead atoms. The number of carbonyl (C=O) groups excluding carboxylic acids is 1. The summed E-state index contributed by atoms with van der Waals surface area (Å²) in [5, 5.41) is 6.32. The molecule has 0 radical (unpaired) electrons. The molecule has 2 heterocycles. The monoisotopic (exact) mass is 328 g/mol. The topological polar surface area (TPSA) is 41.1 Å². The van der Waals surface area contributed by atoms with Crippen LogP contribution in [0.1, 0.15) is 23.7 Å². The Morgan fingerprint density at radius 3 is 2.83 bits per heavy atom. The van der Waals surface area contributed by atoms with Gasteiger partial charge in [-0.2, -0.15) is 0 Å². The molecule has 18 heavy (non-hydrogen) atoms. The maximum absolute atomic E-state index is 12.0. The van der Waals surface area contributed by atoms with Crippen LogP contribution >= 0.6 is 46.9 Å². The molecule has 1 saturated heterocycles. The van der Waals surface area contributed by atoms with Crippen LogP contribution in [0.5, 0.6) is 0 Å². The Balaban J connectivity index is 0.00000162. The number of piperidine rings is 1. The van der Waals surface area contributed by atoms with Crippen molar-refractivity contribution >= 4 is 52.9 Å². The lowest BCUT2D eigenvalue weighted by Crippen LogP contribution is -2.48. The zero-order valence-corrected chi connectivity index (χ0v) is 13.0. The molecule has 1 amide bonds. The highest BCUT2D eigenvalue weighted by molar-refractivity contribution is 7.20. The van der Waals surface area contributed by atoms with E-state index in [1.807, 2.05) is 0 Å². The molecule has 0 aromatic carbocycles. The Morgan fingerprint density at radius 1 is 1.56 bits per heavy atom. The molecule has 7 heteroatoms. The molecule has 2 rings (SSSR count). The van der Waals surface area contributed by atoms with Crippen molar-refractivity contribution in [3.05, 3.63) is 20.3 Å². The fourth-order valence-electron chi connectivity index (χ4n) is 1.97. The summed E-state index contributed by atoms with van der Waals surface area (Å²) < 4.78 is 0.993. The first-order valence-corrected chi connectivity index (χ1v) is 7.11. The molecule has 1 aromatic heterocycles. The molecule has 1 aliphatic heterocycles. The zero-order chi connectivity index (χ0) is 12.4. The van der Waals surface area contributed by atoms with Crippen LogP contribution in [0.2, 0.25) is 8.67 Å². The maximum atomic E-state index is 12.0. The molecule has 1 aliphatic rings. The largest absolute Gasteiger partial charge is 0.349 e. The van der Waals surface area contributed by atoms with Gasteiger partial charge in [-0.15, -0.1) is 23.7 Å². The van der Waals surface area contributed by atoms with Crippen molar-refractivity contribution in [3.8, 4) is 0 Å². The Morgan fingerprint density at radius 2 is 2.28 bits per heavy atom. The molecule has 2 unspecified atom stereocenters. The molecule has 0 spiro atoms. The summed E-state index contributed by atoms with van der Waals surface area (Å²) in [6.07, 6.45) is 0.947. The van der Waals surface area contributed by atoms with Crippen molar-refractivity contribution in [2.24, 2.45) is 5.92 Å². The summed E-state index contributed by atoms with van der Waals surface area (Å²) in [5.74, 6) is 0.303. The van der Waals surface area contributed by atoms with Gasteiger partial charge in [-0.3, -0.25) is 4.79 Å². The van der Waals surface area contributed by atoms with Crippen molar-refractivity contribution in [1.29, 1.82) is 0 Å². The third-order valence-electron chi connectivity index (χ3n) is 3.00. The predicted octanol–water partition coefficient (Wildman–Crippen LogP) is 3.20. The summed E-state index contributed by atoms with van der Waals surface area (Å²) in [5.41, 5.74) is 0.479. The number of nitrogens with one attached hydrogen (secondary N) is 2. The van der Waals surface area contributed by atoms with E-state index in [1.54, 1.807) is 6.07 Å². The van der Waals surface area contributed by atoms with Gasteiger partial charge in [0.05, 0.1) is 9.90 Å². The van der Waals surface area contributed by atoms with E-state index in [-0.39, 0.29) is 24.4 Å². The van der Waals surface area contributed by atoms with E-state index >= 15 is 0 Å². The number of carbonyl (C=O) groups is 1. The second-order valence-corrected chi connectivity index (χ2v) is 6.57. The molecular formula is C11H15Cl3N2OS. The first-order chi connectivity index (χ1) is 8.08. The first kappa shape index (κ1) is 16.1. The van der Waals surface area contributed by atoms with Crippen molar-refractivity contribution in [2.45, 2.75) is 19.4 Å². The van der Waals surface area contributed by atoms with Crippen LogP contribution in [-0.2, 0) is 0 Å². The number of hydrogen-bond donors (Lipinski definition) is 2. The Bertz CT molecular complexity index is 424. The van der Waals surface area contributed by atoms with Crippen LogP contribution in [-0.4, -0.2) is 25.0 Å². The van der Waals surface area contributed by atoms with Crippen molar-refractivity contribution in [1.82, 2.24) is 10.6 Å². The van der Waals surface area contributed by atoms with Gasteiger partial charge < -0.3 is 10.6 Å². The predicted molar refractivity (Wildman–Crippen MR) is 79.5 cm³/mol. The molecule has 2 atom stereocenters. The lowest BCUT2D eigenvalue weighted by atomic mass is 9.95. The zero-order valence-electron chi connectivity index (χ0n) is 9.83. The number of thiophene rings is 1. The quantitative estimate of drug-likeness (QED) is 0.875. The van der Waals surface area contributed by atoms with Crippen molar-refractivity contribution < 1.29 is 4.79 Å². The Hall–Kier alpha value is -0.000000000000000222. The fourth-order valence-corrected chi connectivity index (χ4v) is 3.43. The summed E-state index contributed by atoms with van der Waals surface area (Å²) in [6.45, 7) is 4.00. The van der Waals surface area contributed by atoms with Crippen LogP contribution in [0.4, 0.5) is 0 Å². The molecule has 0 saturated carbocycles. The van der Waals surface area contributed by atoms with E-state index in [1.165, 1.54) is 11.3 Å². The number of halogens is 3. The molecule has 2 N–H and O–H groups in total. The summed E-state index contributed by atoms with van der Waals surface area (Å²) in [6, 6.07) is 1.83. The Labute approximate surface area is 127 Å². The van der Waals surface area contributed by atoms with Gasteiger partial charge in [-0.25, -0.2) is 0 Å². The average molecular weight is 330 g/mol. The van der Waals surface area contributed by atoms with Crippen molar-refractivity contribution in [2.75, 3.05) is 13.1 Å². The van der Waals surface area contributed by atoms with E-state index in [0.717, 1.165) is 19.5 Å². The molecule has 1 fully saturated rings. The molecule has 0 aliphatic carbocycles. The van der Waals surface area contributed by atoms with Gasteiger partial charge in [0.2, 0.25) is 0 Å². The van der Waals surface area contributed by atoms with E-state index in [9.17, 15) is 4.79 Å². The van der Waals surface area contributed by atoms with Gasteiger partial charge in [0.15, 0.2) is 0 Å². The molecular weight excluding hydrogens is 315 g/mol. The highest BCUT2D eigenvalue weighted by atomic mass is 35.5. The minimum atomic E-state index is -0.128. The summed E-state index contributed by atoms with van der Waals surface area (Å²) in [7, 11) is 0. The number of hydrogen-bond acceptors (Lipinski definition) is 3. The summed E-state index contributed by atoms with van der Waals surface area (Å²) >= 11 is 13.0. The van der Waals surface area contributed by atoms with E-state index < -0.39 is 0 Å². The maximum Gasteiger partial charge on any atom is 0.253 e. The van der Waals surface area contributed by atoms with Gasteiger partial charge >= 0.3 is 0 Å². The average Bonchev–Trinajstić information content (AvgIpc) is 2.61. The normalized spacial score (nSPS) is 23.3. The van der Waals surface area contributed by atoms with Crippen LogP contribution in [0.25, 0.3) is 0 Å². The van der Waals surface area contributed by atoms with Gasteiger partial charge in [0.1, 0.15) is 4.34 Å². The summed E-state index contributed by atoms with van der Waals surface area (Å²) in [4.78, 5) is 12.0. The fraction of sp³-hybridized carbons (Fsp3) is 0.545. The minimum absolute atomic E-state index is 0. The first-order valence-electron chi connectivity index (χ1n) is 5.54. The van der Waals surface area contributed by atoms with Gasteiger partial charge in [0, 0.05) is 6.04 Å². The highest BCUT2D eigenvalue weighted by Gasteiger charge is 2.24. The SMILES string of the molecule is CC1CNCCC1NC(=O)c1cc(Cl)sc1Cl.Cl. The van der Waals surface area contributed by atoms with Gasteiger partial charge in [0.25, 0.3) is 5.91 Å². The van der Waals surface area contributed by atoms with Crippen LogP contribution in [0, 0.1) is 5.92 Å². The molecule has 102 valence electrons. The second-order valence-electron chi connectivity index (χ2n) is 4.29. The highest BCUT2D eigenvalue weighted by Crippen LogP contribution is 2.31. The van der Waals surface area contributed by atoms with Gasteiger partial charge in [-0.05, 0) is 31.5 Å². The lowest BCUT2D eigenvalue weighted by molar-refractivity contribution is 0.0915. The van der Waals surface area contributed by atoms with E-state index in [4.69, 9.17) is 23.2 Å². The molecule has 1 aromatic rings. The van der Waals surface area contributed by atoms with Crippen LogP contribution < -0.4 is 10.6 Å². The third-order valence-corrected chi connectivity index (χ3v) is 4.49. The number of amides is 1. The second kappa shape index (κ2) is 6.96.